The van der Waals surface area contributed by atoms with E-state index in [0.29, 0.717) is 5.56 Å². The van der Waals surface area contributed by atoms with Crippen LogP contribution in [0.15, 0.2) is 10.5 Å². The van der Waals surface area contributed by atoms with E-state index in [9.17, 15) is 9.18 Å². The molecule has 0 aromatic heterocycles. The number of carbonyl (C=O) groups excluding carboxylic acids is 1. The maximum absolute atomic E-state index is 13.2. The molecule has 0 aliphatic heterocycles. The molecule has 0 atom stereocenters. The summed E-state index contributed by atoms with van der Waals surface area (Å²) in [6, 6.07) is 1.05. The van der Waals surface area contributed by atoms with Crippen molar-refractivity contribution in [2.75, 3.05) is 12.8 Å². The number of nitrogen functional groups attached to an aromatic ring is 1. The normalized spacial score (nSPS) is 10.0. The van der Waals surface area contributed by atoms with Gasteiger partial charge in [0.05, 0.1) is 22.8 Å². The third-order valence-corrected chi connectivity index (χ3v) is 2.88. The van der Waals surface area contributed by atoms with Crippen molar-refractivity contribution in [3.8, 4) is 0 Å². The van der Waals surface area contributed by atoms with Gasteiger partial charge >= 0.3 is 5.97 Å². The molecule has 1 aromatic carbocycles. The summed E-state index contributed by atoms with van der Waals surface area (Å²) < 4.78 is 17.9. The molecule has 0 heterocycles. The number of methoxy groups -OCH3 is 1. The first-order chi connectivity index (χ1) is 6.49. The zero-order valence-electron chi connectivity index (χ0n) is 7.73. The lowest BCUT2D eigenvalue weighted by molar-refractivity contribution is 0.0601. The van der Waals surface area contributed by atoms with Gasteiger partial charge in [-0.1, -0.05) is 0 Å². The van der Waals surface area contributed by atoms with Gasteiger partial charge in [-0.2, -0.15) is 0 Å². The van der Waals surface area contributed by atoms with Gasteiger partial charge in [0.2, 0.25) is 0 Å². The maximum atomic E-state index is 13.2. The molecule has 0 aliphatic rings. The number of benzene rings is 1. The summed E-state index contributed by atoms with van der Waals surface area (Å²) in [5.41, 5.74) is 6.40. The molecule has 5 heteroatoms. The van der Waals surface area contributed by atoms with Crippen molar-refractivity contribution >= 4 is 27.6 Å². The smallest absolute Gasteiger partial charge is 0.340 e. The minimum atomic E-state index is -0.642. The van der Waals surface area contributed by atoms with Crippen molar-refractivity contribution in [3.05, 3.63) is 27.5 Å². The quantitative estimate of drug-likeness (QED) is 0.623. The average Bonchev–Trinajstić information content (AvgIpc) is 2.19. The molecule has 0 aliphatic carbocycles. The Balaban J connectivity index is 3.40. The first-order valence-corrected chi connectivity index (χ1v) is 4.60. The molecule has 3 nitrogen and oxygen atoms in total. The summed E-state index contributed by atoms with van der Waals surface area (Å²) >= 11 is 3.03. The summed E-state index contributed by atoms with van der Waals surface area (Å²) in [6.45, 7) is 1.62. The Bertz CT molecular complexity index is 393. The van der Waals surface area contributed by atoms with Crippen molar-refractivity contribution < 1.29 is 13.9 Å². The van der Waals surface area contributed by atoms with E-state index in [1.165, 1.54) is 7.11 Å². The Morgan fingerprint density at radius 1 is 1.64 bits per heavy atom. The fourth-order valence-corrected chi connectivity index (χ4v) is 1.37. The van der Waals surface area contributed by atoms with E-state index < -0.39 is 11.8 Å². The van der Waals surface area contributed by atoms with Gasteiger partial charge in [-0.15, -0.1) is 0 Å². The molecule has 0 radical (unpaired) electrons. The number of hydrogen-bond acceptors (Lipinski definition) is 3. The second-order valence-corrected chi connectivity index (χ2v) is 3.54. The minimum Gasteiger partial charge on any atom is -0.465 e. The maximum Gasteiger partial charge on any atom is 0.340 e. The van der Waals surface area contributed by atoms with Crippen LogP contribution in [-0.2, 0) is 4.74 Å². The fraction of sp³-hybridized carbons (Fsp3) is 0.222. The van der Waals surface area contributed by atoms with Gasteiger partial charge in [0, 0.05) is 0 Å². The third kappa shape index (κ3) is 1.72. The molecule has 0 unspecified atom stereocenters. The van der Waals surface area contributed by atoms with E-state index in [2.05, 4.69) is 20.7 Å². The molecule has 14 heavy (non-hydrogen) atoms. The first-order valence-electron chi connectivity index (χ1n) is 3.81. The summed E-state index contributed by atoms with van der Waals surface area (Å²) in [6.07, 6.45) is 0. The monoisotopic (exact) mass is 261 g/mol. The molecule has 0 amide bonds. The summed E-state index contributed by atoms with van der Waals surface area (Å²) in [5, 5.41) is 0. The van der Waals surface area contributed by atoms with Gasteiger partial charge in [-0.3, -0.25) is 0 Å². The van der Waals surface area contributed by atoms with Crippen molar-refractivity contribution in [2.45, 2.75) is 6.92 Å². The topological polar surface area (TPSA) is 52.3 Å². The van der Waals surface area contributed by atoms with Crippen LogP contribution in [0.25, 0.3) is 0 Å². The Hall–Kier alpha value is -1.10. The van der Waals surface area contributed by atoms with E-state index in [1.807, 2.05) is 0 Å². The lowest BCUT2D eigenvalue weighted by Gasteiger charge is -2.09. The Labute approximate surface area is 89.2 Å². The molecule has 0 bridgehead atoms. The van der Waals surface area contributed by atoms with Gasteiger partial charge in [-0.25, -0.2) is 9.18 Å². The summed E-state index contributed by atoms with van der Waals surface area (Å²) in [7, 11) is 1.22. The number of esters is 1. The van der Waals surface area contributed by atoms with Crippen LogP contribution in [0.1, 0.15) is 15.9 Å². The van der Waals surface area contributed by atoms with Crippen LogP contribution in [0.5, 0.6) is 0 Å². The second kappa shape index (κ2) is 3.96. The standard InChI is InChI=1S/C9H9BrFNO2/c1-4-7(10)6(11)3-5(8(4)12)9(13)14-2/h3H,12H2,1-2H3. The largest absolute Gasteiger partial charge is 0.465 e. The molecule has 2 N–H and O–H groups in total. The van der Waals surface area contributed by atoms with E-state index in [-0.39, 0.29) is 15.7 Å². The highest BCUT2D eigenvalue weighted by atomic mass is 79.9. The summed E-state index contributed by atoms with van der Waals surface area (Å²) in [4.78, 5) is 11.2. The van der Waals surface area contributed by atoms with Gasteiger partial charge in [0.25, 0.3) is 0 Å². The van der Waals surface area contributed by atoms with Gasteiger partial charge < -0.3 is 10.5 Å². The van der Waals surface area contributed by atoms with Crippen molar-refractivity contribution in [3.63, 3.8) is 0 Å². The third-order valence-electron chi connectivity index (χ3n) is 1.91. The Morgan fingerprint density at radius 3 is 2.71 bits per heavy atom. The van der Waals surface area contributed by atoms with E-state index in [1.54, 1.807) is 6.92 Å². The molecule has 76 valence electrons. The van der Waals surface area contributed by atoms with Crippen LogP contribution in [0.4, 0.5) is 10.1 Å². The van der Waals surface area contributed by atoms with E-state index in [0.717, 1.165) is 6.07 Å². The zero-order chi connectivity index (χ0) is 10.9. The van der Waals surface area contributed by atoms with Gasteiger partial charge in [0.1, 0.15) is 5.82 Å². The average molecular weight is 262 g/mol. The first kappa shape index (κ1) is 11.0. The number of ether oxygens (including phenoxy) is 1. The number of hydrogen-bond donors (Lipinski definition) is 1. The lowest BCUT2D eigenvalue weighted by Crippen LogP contribution is -2.08. The number of nitrogens with two attached hydrogens (primary N) is 1. The van der Waals surface area contributed by atoms with Crippen molar-refractivity contribution in [2.24, 2.45) is 0 Å². The molecule has 1 aromatic rings. The molecule has 0 spiro atoms. The van der Waals surface area contributed by atoms with Crippen LogP contribution in [0.2, 0.25) is 0 Å². The van der Waals surface area contributed by atoms with E-state index >= 15 is 0 Å². The number of anilines is 1. The van der Waals surface area contributed by atoms with Crippen LogP contribution >= 0.6 is 15.9 Å². The SMILES string of the molecule is COC(=O)c1cc(F)c(Br)c(C)c1N. The molecule has 0 saturated heterocycles. The molecular formula is C9H9BrFNO2. The molecule has 0 saturated carbocycles. The van der Waals surface area contributed by atoms with Crippen molar-refractivity contribution in [1.29, 1.82) is 0 Å². The fourth-order valence-electron chi connectivity index (χ4n) is 1.05. The summed E-state index contributed by atoms with van der Waals surface area (Å²) in [5.74, 6) is -1.17. The van der Waals surface area contributed by atoms with Gasteiger partial charge in [0.15, 0.2) is 0 Å². The highest BCUT2D eigenvalue weighted by Gasteiger charge is 2.16. The number of carbonyl (C=O) groups is 1. The Kier molecular flexibility index (Phi) is 3.10. The highest BCUT2D eigenvalue weighted by molar-refractivity contribution is 9.10. The van der Waals surface area contributed by atoms with E-state index in [4.69, 9.17) is 5.73 Å². The zero-order valence-corrected chi connectivity index (χ0v) is 9.31. The second-order valence-electron chi connectivity index (χ2n) is 2.75. The van der Waals surface area contributed by atoms with Gasteiger partial charge in [-0.05, 0) is 34.5 Å². The van der Waals surface area contributed by atoms with Crippen LogP contribution in [0, 0.1) is 12.7 Å². The molecule has 1 rings (SSSR count). The molecule has 0 fully saturated rings. The van der Waals surface area contributed by atoms with Crippen LogP contribution in [0.3, 0.4) is 0 Å². The van der Waals surface area contributed by atoms with Crippen molar-refractivity contribution in [1.82, 2.24) is 0 Å². The Morgan fingerprint density at radius 2 is 2.21 bits per heavy atom. The number of halogens is 2. The highest BCUT2D eigenvalue weighted by Crippen LogP contribution is 2.28. The lowest BCUT2D eigenvalue weighted by atomic mass is 10.1. The minimum absolute atomic E-state index is 0.0469. The molecular weight excluding hydrogens is 253 g/mol. The number of rotatable bonds is 1. The van der Waals surface area contributed by atoms with Crippen LogP contribution in [-0.4, -0.2) is 13.1 Å². The van der Waals surface area contributed by atoms with Crippen LogP contribution < -0.4 is 5.73 Å². The predicted molar refractivity (Wildman–Crippen MR) is 54.6 cm³/mol. The predicted octanol–water partition coefficient (Wildman–Crippen LogP) is 2.27.